The van der Waals surface area contributed by atoms with E-state index in [0.29, 0.717) is 5.69 Å². The number of carbonyl (C=O) groups excluding carboxylic acids is 1. The first-order valence-corrected chi connectivity index (χ1v) is 6.97. The highest BCUT2D eigenvalue weighted by atomic mass is 35.5. The molecule has 1 aliphatic heterocycles. The zero-order valence-electron chi connectivity index (χ0n) is 11.2. The van der Waals surface area contributed by atoms with E-state index in [1.165, 1.54) is 12.1 Å². The van der Waals surface area contributed by atoms with Crippen LogP contribution in [-0.2, 0) is 0 Å². The number of likely N-dealkylation sites (tertiary alicyclic amines) is 1. The van der Waals surface area contributed by atoms with Crippen LogP contribution >= 0.6 is 11.6 Å². The van der Waals surface area contributed by atoms with Gasteiger partial charge in [0, 0.05) is 18.3 Å². The van der Waals surface area contributed by atoms with Crippen molar-refractivity contribution in [3.05, 3.63) is 28.8 Å². The summed E-state index contributed by atoms with van der Waals surface area (Å²) in [5, 5.41) is 11.9. The highest BCUT2D eigenvalue weighted by molar-refractivity contribution is 6.33. The fourth-order valence-corrected chi connectivity index (χ4v) is 2.56. The lowest BCUT2D eigenvalue weighted by atomic mass is 10.0. The maximum atomic E-state index is 12.2. The number of urea groups is 1. The van der Waals surface area contributed by atoms with Crippen molar-refractivity contribution < 1.29 is 14.7 Å². The Morgan fingerprint density at radius 2 is 2.15 bits per heavy atom. The average Bonchev–Trinajstić information content (AvgIpc) is 2.41. The summed E-state index contributed by atoms with van der Waals surface area (Å²) in [5.41, 5.74) is 0.422. The van der Waals surface area contributed by atoms with Crippen LogP contribution in [-0.4, -0.2) is 34.6 Å². The number of nitrogens with zero attached hydrogens (tertiary/aromatic N) is 1. The van der Waals surface area contributed by atoms with Gasteiger partial charge >= 0.3 is 12.0 Å². The van der Waals surface area contributed by atoms with Gasteiger partial charge in [-0.2, -0.15) is 0 Å². The van der Waals surface area contributed by atoms with Crippen molar-refractivity contribution in [3.8, 4) is 0 Å². The monoisotopic (exact) mass is 296 g/mol. The lowest BCUT2D eigenvalue weighted by Gasteiger charge is -2.33. The number of nitrogens with one attached hydrogen (secondary N) is 1. The number of halogens is 1. The molecular weight excluding hydrogens is 280 g/mol. The van der Waals surface area contributed by atoms with Crippen LogP contribution < -0.4 is 5.32 Å². The molecule has 2 amide bonds. The predicted molar refractivity (Wildman–Crippen MR) is 77.4 cm³/mol. The van der Waals surface area contributed by atoms with E-state index in [1.54, 1.807) is 11.0 Å². The van der Waals surface area contributed by atoms with Gasteiger partial charge in [0.25, 0.3) is 0 Å². The third-order valence-corrected chi connectivity index (χ3v) is 3.84. The minimum atomic E-state index is -1.11. The van der Waals surface area contributed by atoms with Crippen LogP contribution in [0.25, 0.3) is 0 Å². The molecule has 1 fully saturated rings. The van der Waals surface area contributed by atoms with Gasteiger partial charge in [0.15, 0.2) is 0 Å². The Balaban J connectivity index is 2.11. The molecular formula is C14H17ClN2O3. The van der Waals surface area contributed by atoms with Crippen molar-refractivity contribution in [3.63, 3.8) is 0 Å². The third-order valence-electron chi connectivity index (χ3n) is 3.51. The molecule has 1 aromatic rings. The first-order valence-electron chi connectivity index (χ1n) is 6.59. The Morgan fingerprint density at radius 3 is 2.80 bits per heavy atom. The second-order valence-electron chi connectivity index (χ2n) is 4.97. The molecule has 2 N–H and O–H groups in total. The number of hydrogen-bond acceptors (Lipinski definition) is 2. The van der Waals surface area contributed by atoms with Gasteiger partial charge in [0.1, 0.15) is 0 Å². The Hall–Kier alpha value is -1.75. The van der Waals surface area contributed by atoms with Crippen molar-refractivity contribution in [1.29, 1.82) is 0 Å². The van der Waals surface area contributed by atoms with E-state index >= 15 is 0 Å². The molecule has 5 nitrogen and oxygen atoms in total. The van der Waals surface area contributed by atoms with E-state index in [9.17, 15) is 9.59 Å². The lowest BCUT2D eigenvalue weighted by molar-refractivity contribution is 0.0697. The molecule has 1 saturated heterocycles. The fraction of sp³-hybridized carbons (Fsp3) is 0.429. The van der Waals surface area contributed by atoms with Crippen LogP contribution in [0.15, 0.2) is 18.2 Å². The average molecular weight is 297 g/mol. The SMILES string of the molecule is CC1CCCCN1C(=O)Nc1ccc(Cl)c(C(=O)O)c1. The summed E-state index contributed by atoms with van der Waals surface area (Å²) in [7, 11) is 0. The largest absolute Gasteiger partial charge is 0.478 e. The summed E-state index contributed by atoms with van der Waals surface area (Å²) in [6.45, 7) is 2.75. The van der Waals surface area contributed by atoms with Crippen LogP contribution in [0.2, 0.25) is 5.02 Å². The molecule has 1 heterocycles. The maximum Gasteiger partial charge on any atom is 0.337 e. The van der Waals surface area contributed by atoms with Crippen molar-refractivity contribution in [2.75, 3.05) is 11.9 Å². The zero-order chi connectivity index (χ0) is 14.7. The molecule has 0 bridgehead atoms. The molecule has 0 aromatic heterocycles. The Morgan fingerprint density at radius 1 is 1.40 bits per heavy atom. The van der Waals surface area contributed by atoms with Crippen molar-refractivity contribution in [1.82, 2.24) is 4.90 Å². The van der Waals surface area contributed by atoms with Gasteiger partial charge < -0.3 is 15.3 Å². The maximum absolute atomic E-state index is 12.2. The standard InChI is InChI=1S/C14H17ClN2O3/c1-9-4-2-3-7-17(9)14(20)16-10-5-6-12(15)11(8-10)13(18)19/h5-6,8-9H,2-4,7H2,1H3,(H,16,20)(H,18,19). The summed E-state index contributed by atoms with van der Waals surface area (Å²) in [6, 6.07) is 4.45. The van der Waals surface area contributed by atoms with Crippen LogP contribution in [0.5, 0.6) is 0 Å². The molecule has 20 heavy (non-hydrogen) atoms. The van der Waals surface area contributed by atoms with Gasteiger partial charge in [-0.1, -0.05) is 11.6 Å². The summed E-state index contributed by atoms with van der Waals surface area (Å²) >= 11 is 5.80. The van der Waals surface area contributed by atoms with Gasteiger partial charge in [0.05, 0.1) is 10.6 Å². The zero-order valence-corrected chi connectivity index (χ0v) is 12.0. The minimum absolute atomic E-state index is 0.0174. The molecule has 6 heteroatoms. The number of anilines is 1. The van der Waals surface area contributed by atoms with Crippen molar-refractivity contribution in [2.24, 2.45) is 0 Å². The Kier molecular flexibility index (Phi) is 4.49. The van der Waals surface area contributed by atoms with E-state index in [2.05, 4.69) is 5.32 Å². The molecule has 0 radical (unpaired) electrons. The van der Waals surface area contributed by atoms with Gasteiger partial charge in [-0.3, -0.25) is 0 Å². The normalized spacial score (nSPS) is 18.7. The van der Waals surface area contributed by atoms with E-state index in [-0.39, 0.29) is 22.7 Å². The van der Waals surface area contributed by atoms with Crippen LogP contribution in [0.3, 0.4) is 0 Å². The van der Waals surface area contributed by atoms with Crippen molar-refractivity contribution >= 4 is 29.3 Å². The molecule has 1 atom stereocenters. The van der Waals surface area contributed by atoms with E-state index in [4.69, 9.17) is 16.7 Å². The molecule has 0 aliphatic carbocycles. The topological polar surface area (TPSA) is 69.6 Å². The van der Waals surface area contributed by atoms with Gasteiger partial charge in [-0.05, 0) is 44.4 Å². The quantitative estimate of drug-likeness (QED) is 0.878. The fourth-order valence-electron chi connectivity index (χ4n) is 2.36. The van der Waals surface area contributed by atoms with Crippen LogP contribution in [0.4, 0.5) is 10.5 Å². The second kappa shape index (κ2) is 6.13. The minimum Gasteiger partial charge on any atom is -0.478 e. The molecule has 108 valence electrons. The number of aromatic carboxylic acids is 1. The van der Waals surface area contributed by atoms with E-state index in [0.717, 1.165) is 25.8 Å². The van der Waals surface area contributed by atoms with Gasteiger partial charge in [-0.25, -0.2) is 9.59 Å². The highest BCUT2D eigenvalue weighted by Crippen LogP contribution is 2.22. The number of hydrogen-bond donors (Lipinski definition) is 2. The lowest BCUT2D eigenvalue weighted by Crippen LogP contribution is -2.44. The molecule has 2 rings (SSSR count). The van der Waals surface area contributed by atoms with E-state index < -0.39 is 5.97 Å². The number of carbonyl (C=O) groups is 2. The third kappa shape index (κ3) is 3.22. The number of carboxylic acids is 1. The second-order valence-corrected chi connectivity index (χ2v) is 5.38. The van der Waals surface area contributed by atoms with Crippen LogP contribution in [0, 0.1) is 0 Å². The summed E-state index contributed by atoms with van der Waals surface area (Å²) in [6.07, 6.45) is 3.13. The number of rotatable bonds is 2. The molecule has 1 aliphatic rings. The Labute approximate surface area is 122 Å². The number of amides is 2. The molecule has 1 aromatic carbocycles. The number of benzene rings is 1. The van der Waals surface area contributed by atoms with Gasteiger partial charge in [-0.15, -0.1) is 0 Å². The summed E-state index contributed by atoms with van der Waals surface area (Å²) < 4.78 is 0. The van der Waals surface area contributed by atoms with E-state index in [1.807, 2.05) is 6.92 Å². The first-order chi connectivity index (χ1) is 9.49. The smallest absolute Gasteiger partial charge is 0.337 e. The number of carboxylic acid groups (broad SMARTS) is 1. The molecule has 0 saturated carbocycles. The van der Waals surface area contributed by atoms with Gasteiger partial charge in [0.2, 0.25) is 0 Å². The predicted octanol–water partition coefficient (Wildman–Crippen LogP) is 3.44. The summed E-state index contributed by atoms with van der Waals surface area (Å²) in [4.78, 5) is 25.0. The van der Waals surface area contributed by atoms with Crippen LogP contribution in [0.1, 0.15) is 36.5 Å². The molecule has 0 spiro atoms. The summed E-state index contributed by atoms with van der Waals surface area (Å²) in [5.74, 6) is -1.11. The van der Waals surface area contributed by atoms with Crippen molar-refractivity contribution in [2.45, 2.75) is 32.2 Å². The first kappa shape index (κ1) is 14.7. The highest BCUT2D eigenvalue weighted by Gasteiger charge is 2.23. The molecule has 1 unspecified atom stereocenters. The number of piperidine rings is 1. The Bertz CT molecular complexity index is 533.